The Kier molecular flexibility index (Phi) is 6.28. The zero-order valence-electron chi connectivity index (χ0n) is 17.7. The summed E-state index contributed by atoms with van der Waals surface area (Å²) in [4.78, 5) is 38.4. The number of carbonyl (C=O) groups is 3. The summed E-state index contributed by atoms with van der Waals surface area (Å²) in [6.45, 7) is 3.55. The van der Waals surface area contributed by atoms with Crippen LogP contribution in [-0.4, -0.2) is 24.3 Å². The fourth-order valence-electron chi connectivity index (χ4n) is 5.25. The molecule has 4 rings (SSSR count). The van der Waals surface area contributed by atoms with Crippen LogP contribution in [0.15, 0.2) is 46.9 Å². The highest BCUT2D eigenvalue weighted by Crippen LogP contribution is 2.53. The van der Waals surface area contributed by atoms with Crippen molar-refractivity contribution in [2.75, 3.05) is 11.9 Å². The SMILES string of the molecule is Cc1cc(NC(=O)COC(=O)[C@H]2[C@H]3CC[C@@H](C3)[C@H]2C(=O)c2ccccc2)cc(C)c1Br. The average molecular weight is 484 g/mol. The molecule has 2 aliphatic rings. The number of rotatable bonds is 6. The van der Waals surface area contributed by atoms with Crippen LogP contribution >= 0.6 is 15.9 Å². The summed E-state index contributed by atoms with van der Waals surface area (Å²) in [5.41, 5.74) is 3.32. The van der Waals surface area contributed by atoms with E-state index >= 15 is 0 Å². The zero-order chi connectivity index (χ0) is 22.1. The molecule has 0 radical (unpaired) electrons. The van der Waals surface area contributed by atoms with Crippen LogP contribution in [0.5, 0.6) is 0 Å². The summed E-state index contributed by atoms with van der Waals surface area (Å²) in [5.74, 6) is -1.24. The summed E-state index contributed by atoms with van der Waals surface area (Å²) in [6, 6.07) is 12.9. The molecule has 1 N–H and O–H groups in total. The van der Waals surface area contributed by atoms with Gasteiger partial charge in [0.2, 0.25) is 0 Å². The third-order valence-corrected chi connectivity index (χ3v) is 7.87. The molecule has 4 atom stereocenters. The molecule has 1 amide bonds. The van der Waals surface area contributed by atoms with E-state index in [4.69, 9.17) is 4.74 Å². The van der Waals surface area contributed by atoms with Crippen molar-refractivity contribution in [1.29, 1.82) is 0 Å². The Labute approximate surface area is 190 Å². The topological polar surface area (TPSA) is 72.5 Å². The highest BCUT2D eigenvalue weighted by Gasteiger charge is 2.54. The molecule has 0 spiro atoms. The largest absolute Gasteiger partial charge is 0.455 e. The number of Topliss-reactive ketones (excluding diaryl/α,β-unsaturated/α-hetero) is 1. The number of benzene rings is 2. The summed E-state index contributed by atoms with van der Waals surface area (Å²) in [7, 11) is 0. The van der Waals surface area contributed by atoms with E-state index in [0.717, 1.165) is 34.9 Å². The monoisotopic (exact) mass is 483 g/mol. The molecule has 0 heterocycles. The van der Waals surface area contributed by atoms with Gasteiger partial charge in [0.05, 0.1) is 5.92 Å². The number of hydrogen-bond acceptors (Lipinski definition) is 4. The summed E-state index contributed by atoms with van der Waals surface area (Å²) in [6.07, 6.45) is 2.79. The number of anilines is 1. The maximum absolute atomic E-state index is 13.1. The molecular weight excluding hydrogens is 458 g/mol. The van der Waals surface area contributed by atoms with Crippen LogP contribution in [0.2, 0.25) is 0 Å². The lowest BCUT2D eigenvalue weighted by Gasteiger charge is -2.28. The number of halogens is 1. The van der Waals surface area contributed by atoms with Gasteiger partial charge in [-0.05, 0) is 68.2 Å². The molecule has 0 aliphatic heterocycles. The third-order valence-electron chi connectivity index (χ3n) is 6.62. The van der Waals surface area contributed by atoms with Gasteiger partial charge in [-0.2, -0.15) is 0 Å². The van der Waals surface area contributed by atoms with E-state index in [0.29, 0.717) is 11.3 Å². The molecule has 5 nitrogen and oxygen atoms in total. The molecule has 2 aliphatic carbocycles. The first kappa shape index (κ1) is 21.8. The van der Waals surface area contributed by atoms with Gasteiger partial charge in [0.25, 0.3) is 5.91 Å². The highest BCUT2D eigenvalue weighted by molar-refractivity contribution is 9.10. The number of nitrogens with one attached hydrogen (secondary N) is 1. The second-order valence-corrected chi connectivity index (χ2v) is 9.49. The van der Waals surface area contributed by atoms with Crippen molar-refractivity contribution in [3.8, 4) is 0 Å². The van der Waals surface area contributed by atoms with E-state index in [-0.39, 0.29) is 36.1 Å². The number of esters is 1. The van der Waals surface area contributed by atoms with Crippen LogP contribution in [-0.2, 0) is 14.3 Å². The van der Waals surface area contributed by atoms with Gasteiger partial charge in [-0.25, -0.2) is 0 Å². The van der Waals surface area contributed by atoms with Crippen LogP contribution in [0.4, 0.5) is 5.69 Å². The Morgan fingerprint density at radius 2 is 1.61 bits per heavy atom. The number of hydrogen-bond donors (Lipinski definition) is 1. The van der Waals surface area contributed by atoms with E-state index in [1.54, 1.807) is 12.1 Å². The Hall–Kier alpha value is -2.47. The molecule has 2 aromatic carbocycles. The molecule has 2 bridgehead atoms. The standard InChI is InChI=1S/C25H26BrNO4/c1-14-10-19(11-15(2)23(14)26)27-20(28)13-31-25(30)22-18-9-8-17(12-18)21(22)24(29)16-6-4-3-5-7-16/h3-7,10-11,17-18,21-22H,8-9,12-13H2,1-2H3,(H,27,28)/t17-,18-,21+,22-/m0/s1. The molecule has 2 saturated carbocycles. The predicted octanol–water partition coefficient (Wildman–Crippen LogP) is 5.09. The van der Waals surface area contributed by atoms with Crippen molar-refractivity contribution in [2.45, 2.75) is 33.1 Å². The summed E-state index contributed by atoms with van der Waals surface area (Å²) < 4.78 is 6.40. The smallest absolute Gasteiger partial charge is 0.310 e. The Morgan fingerprint density at radius 1 is 1.00 bits per heavy atom. The van der Waals surface area contributed by atoms with Gasteiger partial charge in [-0.3, -0.25) is 14.4 Å². The minimum absolute atomic E-state index is 0.0139. The lowest BCUT2D eigenvalue weighted by molar-refractivity contribution is -0.154. The predicted molar refractivity (Wildman–Crippen MR) is 122 cm³/mol. The normalized spacial score (nSPS) is 24.1. The van der Waals surface area contributed by atoms with Crippen molar-refractivity contribution in [2.24, 2.45) is 23.7 Å². The maximum Gasteiger partial charge on any atom is 0.310 e. The summed E-state index contributed by atoms with van der Waals surface area (Å²) >= 11 is 3.51. The van der Waals surface area contributed by atoms with Crippen LogP contribution in [0.3, 0.4) is 0 Å². The Balaban J connectivity index is 1.40. The van der Waals surface area contributed by atoms with Gasteiger partial charge in [0.15, 0.2) is 12.4 Å². The molecule has 2 fully saturated rings. The maximum atomic E-state index is 13.1. The van der Waals surface area contributed by atoms with E-state index < -0.39 is 11.9 Å². The zero-order valence-corrected chi connectivity index (χ0v) is 19.3. The fraction of sp³-hybridized carbons (Fsp3) is 0.400. The first-order valence-electron chi connectivity index (χ1n) is 10.7. The van der Waals surface area contributed by atoms with Crippen molar-refractivity contribution >= 4 is 39.3 Å². The molecule has 0 unspecified atom stereocenters. The molecule has 6 heteroatoms. The van der Waals surface area contributed by atoms with Crippen molar-refractivity contribution < 1.29 is 19.1 Å². The Morgan fingerprint density at radius 3 is 2.26 bits per heavy atom. The molecule has 31 heavy (non-hydrogen) atoms. The molecule has 0 saturated heterocycles. The van der Waals surface area contributed by atoms with Gasteiger partial charge in [0, 0.05) is 21.6 Å². The first-order chi connectivity index (χ1) is 14.8. The number of ketones is 1. The van der Waals surface area contributed by atoms with Crippen LogP contribution in [0, 0.1) is 37.5 Å². The lowest BCUT2D eigenvalue weighted by Crippen LogP contribution is -2.37. The average Bonchev–Trinajstić information content (AvgIpc) is 3.37. The number of ether oxygens (including phenoxy) is 1. The molecule has 0 aromatic heterocycles. The van der Waals surface area contributed by atoms with E-state index in [2.05, 4.69) is 21.2 Å². The number of aryl methyl sites for hydroxylation is 2. The lowest BCUT2D eigenvalue weighted by atomic mass is 9.75. The highest BCUT2D eigenvalue weighted by atomic mass is 79.9. The minimum atomic E-state index is -0.462. The quantitative estimate of drug-likeness (QED) is 0.458. The van der Waals surface area contributed by atoms with Gasteiger partial charge in [-0.15, -0.1) is 0 Å². The first-order valence-corrected chi connectivity index (χ1v) is 11.5. The van der Waals surface area contributed by atoms with Gasteiger partial charge >= 0.3 is 5.97 Å². The van der Waals surface area contributed by atoms with E-state index in [1.165, 1.54) is 0 Å². The Bertz CT molecular complexity index is 996. The van der Waals surface area contributed by atoms with Crippen LogP contribution in [0.1, 0.15) is 40.7 Å². The van der Waals surface area contributed by atoms with Crippen molar-refractivity contribution in [1.82, 2.24) is 0 Å². The number of carbonyl (C=O) groups excluding carboxylic acids is 3. The van der Waals surface area contributed by atoms with Crippen molar-refractivity contribution in [3.63, 3.8) is 0 Å². The van der Waals surface area contributed by atoms with Crippen LogP contribution in [0.25, 0.3) is 0 Å². The summed E-state index contributed by atoms with van der Waals surface area (Å²) in [5, 5.41) is 2.79. The van der Waals surface area contributed by atoms with Crippen LogP contribution < -0.4 is 5.32 Å². The minimum Gasteiger partial charge on any atom is -0.455 e. The second-order valence-electron chi connectivity index (χ2n) is 8.69. The van der Waals surface area contributed by atoms with Gasteiger partial charge in [-0.1, -0.05) is 46.3 Å². The van der Waals surface area contributed by atoms with E-state index in [9.17, 15) is 14.4 Å². The number of amides is 1. The fourth-order valence-corrected chi connectivity index (χ4v) is 5.48. The molecule has 162 valence electrons. The number of fused-ring (bicyclic) bond motifs is 2. The van der Waals surface area contributed by atoms with Gasteiger partial charge < -0.3 is 10.1 Å². The van der Waals surface area contributed by atoms with Gasteiger partial charge in [0.1, 0.15) is 0 Å². The third kappa shape index (κ3) is 4.45. The second kappa shape index (κ2) is 8.95. The van der Waals surface area contributed by atoms with E-state index in [1.807, 2.05) is 44.2 Å². The molecule has 2 aromatic rings. The van der Waals surface area contributed by atoms with Crippen molar-refractivity contribution in [3.05, 3.63) is 63.6 Å². The molecular formula is C25H26BrNO4.